The number of hydrogen-bond acceptors (Lipinski definition) is 17. The van der Waals surface area contributed by atoms with Gasteiger partial charge in [-0.15, -0.1) is 0 Å². The Morgan fingerprint density at radius 2 is 1.84 bits per heavy atom. The molecule has 2 saturated heterocycles. The van der Waals surface area contributed by atoms with Crippen molar-refractivity contribution in [3.63, 3.8) is 0 Å². The Kier molecular flexibility index (Phi) is 7.74. The van der Waals surface area contributed by atoms with Crippen LogP contribution in [0, 0.1) is 0 Å². The number of rotatable bonds is 2. The summed E-state index contributed by atoms with van der Waals surface area (Å²) < 4.78 is 59.8. The molecule has 24 heteroatoms. The summed E-state index contributed by atoms with van der Waals surface area (Å²) in [6, 6.07) is -0.859. The van der Waals surface area contributed by atoms with Gasteiger partial charge in [-0.2, -0.15) is 3.15 Å². The van der Waals surface area contributed by atoms with Gasteiger partial charge in [-0.05, 0) is 23.2 Å². The molecule has 3 aromatic heterocycles. The van der Waals surface area contributed by atoms with Crippen LogP contribution in [0.25, 0.3) is 11.2 Å². The van der Waals surface area contributed by atoms with E-state index in [0.29, 0.717) is 17.1 Å². The van der Waals surface area contributed by atoms with Gasteiger partial charge in [0.2, 0.25) is 0 Å². The predicted octanol–water partition coefficient (Wildman–Crippen LogP) is 1.59. The molecule has 18 nitrogen and oxygen atoms in total. The lowest BCUT2D eigenvalue weighted by molar-refractivity contribution is -0.0205. The van der Waals surface area contributed by atoms with Crippen molar-refractivity contribution in [3.05, 3.63) is 19.0 Å². The number of halogens is 2. The third-order valence-electron chi connectivity index (χ3n) is 7.22. The van der Waals surface area contributed by atoms with Gasteiger partial charge in [-0.3, -0.25) is 12.2 Å². The van der Waals surface area contributed by atoms with Crippen molar-refractivity contribution in [2.45, 2.75) is 55.4 Å². The zero-order valence-electron chi connectivity index (χ0n) is 21.3. The first-order chi connectivity index (χ1) is 20.4. The minimum absolute atomic E-state index is 0.0713. The Bertz CT molecular complexity index is 1730. The number of fused-ring (bicyclic) bond motifs is 5. The van der Waals surface area contributed by atoms with Gasteiger partial charge < -0.3 is 40.2 Å². The molecule has 7 rings (SSSR count). The molecule has 3 fully saturated rings. The Labute approximate surface area is 260 Å². The standard InChI is InChI=1S/C19H22FIN10O8P2S2/c20-9-14-8(36-19(9)31-18-11(29-21-31)16(23)25-4-27-18)2-43-40(33,34)38-13-6(1-7(12(13)32)37-41(35,42)39-14)30-5-28-10-15(22)24-3-26-17(10)30/h3-9,12-14,19,32H,1-2H2,(H,33,34)(H,35,42)(H2,22,24,26)(H2,23,25,27)/t6-,7+,8-,9-,12-,13+,14-,19-,41?/m1/s1. The van der Waals surface area contributed by atoms with E-state index in [2.05, 4.69) is 28.1 Å². The fourth-order valence-corrected chi connectivity index (χ4v) is 12.0. The predicted molar refractivity (Wildman–Crippen MR) is 161 cm³/mol. The van der Waals surface area contributed by atoms with Crippen molar-refractivity contribution >= 4 is 92.3 Å². The van der Waals surface area contributed by atoms with Gasteiger partial charge in [0.05, 0.1) is 24.6 Å². The van der Waals surface area contributed by atoms with E-state index in [4.69, 9.17) is 41.6 Å². The van der Waals surface area contributed by atoms with Crippen LogP contribution in [0.5, 0.6) is 0 Å². The average molecular weight is 790 g/mol. The number of nitrogen functional groups attached to an aromatic ring is 2. The molecule has 2 unspecified atom stereocenters. The molecule has 0 radical (unpaired) electrons. The van der Waals surface area contributed by atoms with Crippen LogP contribution < -0.4 is 14.6 Å². The molecule has 232 valence electrons. The van der Waals surface area contributed by atoms with Crippen molar-refractivity contribution in [3.8, 4) is 0 Å². The number of imidazole rings is 1. The van der Waals surface area contributed by atoms with Crippen molar-refractivity contribution in [1.82, 2.24) is 29.5 Å². The summed E-state index contributed by atoms with van der Waals surface area (Å²) in [4.78, 5) is 42.4. The van der Waals surface area contributed by atoms with E-state index in [1.165, 1.54) is 26.7 Å². The number of nitrogens with two attached hydrogens (primary N) is 2. The second-order valence-electron chi connectivity index (χ2n) is 9.81. The molecule has 1 saturated carbocycles. The van der Waals surface area contributed by atoms with Crippen LogP contribution in [0.1, 0.15) is 12.5 Å². The summed E-state index contributed by atoms with van der Waals surface area (Å²) in [6.45, 7) is -8.77. The van der Waals surface area contributed by atoms with Crippen LogP contribution in [0.3, 0.4) is 0 Å². The fraction of sp³-hybridized carbons (Fsp3) is 0.526. The van der Waals surface area contributed by atoms with Gasteiger partial charge >= 0.3 is 13.5 Å². The summed E-state index contributed by atoms with van der Waals surface area (Å²) in [7, 11) is 0. The Morgan fingerprint density at radius 1 is 1.07 bits per heavy atom. The highest BCUT2D eigenvalue weighted by Crippen LogP contribution is 2.62. The van der Waals surface area contributed by atoms with Crippen LogP contribution >= 0.6 is 46.2 Å². The molecule has 4 aliphatic rings. The molecular formula is C19H22FIN10O8P2S2. The summed E-state index contributed by atoms with van der Waals surface area (Å²) in [6.07, 6.45) is -6.27. The number of aliphatic hydroxyl groups is 1. The lowest BCUT2D eigenvalue weighted by atomic mass is 10.2. The van der Waals surface area contributed by atoms with Crippen LogP contribution in [-0.4, -0.2) is 93.1 Å². The molecule has 43 heavy (non-hydrogen) atoms. The molecule has 6 heterocycles. The monoisotopic (exact) mass is 790 g/mol. The zero-order chi connectivity index (χ0) is 30.3. The third-order valence-corrected chi connectivity index (χ3v) is 14.0. The average Bonchev–Trinajstić information content (AvgIpc) is 3.70. The molecule has 1 aliphatic carbocycles. The summed E-state index contributed by atoms with van der Waals surface area (Å²) in [5.74, 6) is 0.208. The van der Waals surface area contributed by atoms with Crippen LogP contribution in [0.15, 0.2) is 22.1 Å². The molecule has 2 bridgehead atoms. The van der Waals surface area contributed by atoms with Crippen molar-refractivity contribution < 1.29 is 42.2 Å². The highest BCUT2D eigenvalue weighted by atomic mass is 127. The number of nitrogens with zero attached hydrogens (tertiary/aromatic N) is 8. The second kappa shape index (κ2) is 11.1. The third kappa shape index (κ3) is 5.37. The summed E-state index contributed by atoms with van der Waals surface area (Å²) in [5.41, 5.74) is 12.7. The molecule has 3 aliphatic heterocycles. The van der Waals surface area contributed by atoms with E-state index in [9.17, 15) is 19.5 Å². The summed E-state index contributed by atoms with van der Waals surface area (Å²) in [5, 5.41) is 11.2. The SMILES string of the molecule is Nc1ncnc2c1N=IN2[C@@H]1O[C@@H]2CSP(=O)(O)O[C@@H]3[C@H](O)[C@H](C[C@H]3n3cnc4c(N)ncnc43)OP(O)(=S)O[C@H]2[C@H]1F. The molecule has 3 aromatic rings. The van der Waals surface area contributed by atoms with Crippen LogP contribution in [0.4, 0.5) is 27.5 Å². The number of aromatic nitrogens is 6. The number of alkyl halides is 1. The van der Waals surface area contributed by atoms with E-state index >= 15 is 4.39 Å². The molecule has 7 N–H and O–H groups in total. The maximum absolute atomic E-state index is 16.1. The largest absolute Gasteiger partial charge is 0.388 e. The summed E-state index contributed by atoms with van der Waals surface area (Å²) >= 11 is 4.51. The first-order valence-corrected chi connectivity index (χ1v) is 20.1. The molecule has 0 spiro atoms. The second-order valence-corrected chi connectivity index (χ2v) is 18.4. The van der Waals surface area contributed by atoms with Crippen molar-refractivity contribution in [1.29, 1.82) is 0 Å². The smallest absolute Gasteiger partial charge is 0.387 e. The lowest BCUT2D eigenvalue weighted by Gasteiger charge is -2.30. The van der Waals surface area contributed by atoms with Gasteiger partial charge in [0.25, 0.3) is 0 Å². The minimum Gasteiger partial charge on any atom is -0.388 e. The van der Waals surface area contributed by atoms with E-state index in [-0.39, 0.29) is 40.8 Å². The Hall–Kier alpha value is -1.56. The minimum atomic E-state index is -4.53. The highest BCUT2D eigenvalue weighted by molar-refractivity contribution is 14.2. The number of hydrogen-bond donors (Lipinski definition) is 5. The quantitative estimate of drug-likeness (QED) is 0.140. The topological polar surface area (TPSA) is 252 Å². The molecular weight excluding hydrogens is 768 g/mol. The Balaban J connectivity index is 1.19. The maximum atomic E-state index is 16.1. The molecule has 0 amide bonds. The molecule has 10 atom stereocenters. The van der Waals surface area contributed by atoms with Gasteiger partial charge in [-0.25, -0.2) is 33.9 Å². The number of ether oxygens (including phenoxy) is 1. The fourth-order valence-electron chi connectivity index (χ4n) is 5.31. The maximum Gasteiger partial charge on any atom is 0.387 e. The lowest BCUT2D eigenvalue weighted by Crippen LogP contribution is -2.38. The normalized spacial score (nSPS) is 39.6. The van der Waals surface area contributed by atoms with Gasteiger partial charge in [-0.1, -0.05) is 0 Å². The molecule has 0 aromatic carbocycles. The first kappa shape index (κ1) is 30.1. The van der Waals surface area contributed by atoms with E-state index in [1.807, 2.05) is 0 Å². The van der Waals surface area contributed by atoms with Crippen molar-refractivity contribution in [2.75, 3.05) is 20.3 Å². The van der Waals surface area contributed by atoms with Crippen LogP contribution in [0.2, 0.25) is 0 Å². The zero-order valence-corrected chi connectivity index (χ0v) is 26.9. The van der Waals surface area contributed by atoms with Gasteiger partial charge in [0.15, 0.2) is 41.2 Å². The van der Waals surface area contributed by atoms with E-state index in [0.717, 1.165) is 0 Å². The highest BCUT2D eigenvalue weighted by Gasteiger charge is 2.55. The van der Waals surface area contributed by atoms with E-state index in [1.54, 1.807) is 0 Å². The van der Waals surface area contributed by atoms with Crippen molar-refractivity contribution in [2.24, 2.45) is 3.15 Å². The first-order valence-electron chi connectivity index (χ1n) is 12.4. The van der Waals surface area contributed by atoms with E-state index < -0.39 is 83.8 Å². The number of anilines is 3. The van der Waals surface area contributed by atoms with Gasteiger partial charge in [0.1, 0.15) is 57.8 Å². The Morgan fingerprint density at radius 3 is 2.65 bits per heavy atom. The van der Waals surface area contributed by atoms with Crippen LogP contribution in [-0.2, 0) is 34.7 Å². The number of aliphatic hydroxyl groups excluding tert-OH is 1. The van der Waals surface area contributed by atoms with Gasteiger partial charge in [0, 0.05) is 12.2 Å².